The molecule has 1 aromatic carbocycles. The lowest BCUT2D eigenvalue weighted by atomic mass is 10.1. The molecule has 8 heteroatoms. The van der Waals surface area contributed by atoms with E-state index in [1.807, 2.05) is 12.1 Å². The topological polar surface area (TPSA) is 80.0 Å². The van der Waals surface area contributed by atoms with Crippen LogP contribution in [0.15, 0.2) is 30.6 Å². The number of rotatable bonds is 2. The molecule has 7 nitrogen and oxygen atoms in total. The second-order valence-electron chi connectivity index (χ2n) is 6.79. The highest BCUT2D eigenvalue weighted by atomic mass is 19.1. The Bertz CT molecular complexity index is 1180. The lowest BCUT2D eigenvalue weighted by Crippen LogP contribution is -2.18. The minimum Gasteiger partial charge on any atom is -0.504 e. The minimum atomic E-state index is -0.769. The number of phenolic OH excluding ortho intramolecular Hbond substituents is 1. The molecule has 0 spiro atoms. The van der Waals surface area contributed by atoms with Crippen molar-refractivity contribution in [3.05, 3.63) is 36.4 Å². The molecule has 0 unspecified atom stereocenters. The van der Waals surface area contributed by atoms with Crippen LogP contribution in [0.4, 0.5) is 10.2 Å². The molecular formula is C19H17FN6O. The molecule has 136 valence electrons. The number of nitrogens with zero attached hydrogens (tertiary/aromatic N) is 6. The van der Waals surface area contributed by atoms with Crippen molar-refractivity contribution in [3.8, 4) is 17.1 Å². The Morgan fingerprint density at radius 2 is 1.93 bits per heavy atom. The number of benzene rings is 1. The minimum absolute atomic E-state index is 0.122. The monoisotopic (exact) mass is 364 g/mol. The Morgan fingerprint density at radius 1 is 1.11 bits per heavy atom. The van der Waals surface area contributed by atoms with Gasteiger partial charge in [0.05, 0.1) is 17.3 Å². The Hall–Kier alpha value is -3.29. The predicted molar refractivity (Wildman–Crippen MR) is 100 cm³/mol. The van der Waals surface area contributed by atoms with Crippen molar-refractivity contribution in [1.29, 1.82) is 0 Å². The second-order valence-corrected chi connectivity index (χ2v) is 6.79. The molecule has 3 aromatic heterocycles. The van der Waals surface area contributed by atoms with Crippen LogP contribution in [0.25, 0.3) is 33.3 Å². The molecule has 1 aliphatic rings. The van der Waals surface area contributed by atoms with Gasteiger partial charge in [0.15, 0.2) is 17.4 Å². The molecule has 4 heterocycles. The van der Waals surface area contributed by atoms with Crippen molar-refractivity contribution in [2.24, 2.45) is 7.05 Å². The van der Waals surface area contributed by atoms with Gasteiger partial charge in [-0.05, 0) is 31.0 Å². The molecule has 1 saturated heterocycles. The van der Waals surface area contributed by atoms with E-state index in [1.54, 1.807) is 25.5 Å². The number of halogens is 1. The highest BCUT2D eigenvalue weighted by Crippen LogP contribution is 2.35. The molecule has 5 rings (SSSR count). The molecule has 0 radical (unpaired) electrons. The van der Waals surface area contributed by atoms with E-state index in [2.05, 4.69) is 25.0 Å². The first-order chi connectivity index (χ1) is 13.1. The third-order valence-corrected chi connectivity index (χ3v) is 4.92. The van der Waals surface area contributed by atoms with Crippen molar-refractivity contribution in [2.75, 3.05) is 18.0 Å². The number of fused-ring (bicyclic) bond motifs is 2. The zero-order chi connectivity index (χ0) is 18.5. The van der Waals surface area contributed by atoms with Crippen molar-refractivity contribution in [3.63, 3.8) is 0 Å². The molecule has 0 amide bonds. The first kappa shape index (κ1) is 15.9. The van der Waals surface area contributed by atoms with E-state index in [0.29, 0.717) is 16.4 Å². The maximum Gasteiger partial charge on any atom is 0.193 e. The van der Waals surface area contributed by atoms with Crippen molar-refractivity contribution in [2.45, 2.75) is 12.8 Å². The van der Waals surface area contributed by atoms with Crippen molar-refractivity contribution in [1.82, 2.24) is 24.7 Å². The lowest BCUT2D eigenvalue weighted by molar-refractivity contribution is 0.437. The molecule has 0 atom stereocenters. The molecule has 0 aliphatic carbocycles. The molecule has 1 aliphatic heterocycles. The summed E-state index contributed by atoms with van der Waals surface area (Å²) in [5.41, 5.74) is 1.68. The maximum atomic E-state index is 14.5. The van der Waals surface area contributed by atoms with Gasteiger partial charge in [0.1, 0.15) is 16.9 Å². The van der Waals surface area contributed by atoms with Crippen LogP contribution in [-0.2, 0) is 7.05 Å². The standard InChI is InChI=1S/C19H17FN6O/c1-25-10-11-8-12(18(27)16(20)17(11)24-25)19-21-9-14-13(23-19)4-5-15(22-14)26-6-2-3-7-26/h4-5,8-10,27H,2-3,6-7H2,1H3. The highest BCUT2D eigenvalue weighted by Gasteiger charge is 2.19. The quantitative estimate of drug-likeness (QED) is 0.589. The van der Waals surface area contributed by atoms with Gasteiger partial charge >= 0.3 is 0 Å². The number of hydrogen-bond donors (Lipinski definition) is 1. The van der Waals surface area contributed by atoms with E-state index >= 15 is 0 Å². The number of pyridine rings is 1. The smallest absolute Gasteiger partial charge is 0.193 e. The van der Waals surface area contributed by atoms with Crippen LogP contribution in [0.1, 0.15) is 12.8 Å². The first-order valence-electron chi connectivity index (χ1n) is 8.84. The predicted octanol–water partition coefficient (Wildman–Crippen LogP) is 3.02. The first-order valence-corrected chi connectivity index (χ1v) is 8.84. The van der Waals surface area contributed by atoms with Crippen LogP contribution in [-0.4, -0.2) is 42.9 Å². The van der Waals surface area contributed by atoms with Crippen LogP contribution in [0.5, 0.6) is 5.75 Å². The summed E-state index contributed by atoms with van der Waals surface area (Å²) in [4.78, 5) is 15.7. The summed E-state index contributed by atoms with van der Waals surface area (Å²) in [6.45, 7) is 2.02. The number of hydrogen-bond acceptors (Lipinski definition) is 6. The summed E-state index contributed by atoms with van der Waals surface area (Å²) in [7, 11) is 1.70. The lowest BCUT2D eigenvalue weighted by Gasteiger charge is -2.16. The molecule has 1 N–H and O–H groups in total. The van der Waals surface area contributed by atoms with Crippen molar-refractivity contribution >= 4 is 27.8 Å². The molecular weight excluding hydrogens is 347 g/mol. The zero-order valence-corrected chi connectivity index (χ0v) is 14.7. The Kier molecular flexibility index (Phi) is 3.46. The molecule has 4 aromatic rings. The van der Waals surface area contributed by atoms with Gasteiger partial charge in [-0.1, -0.05) is 0 Å². The molecule has 0 bridgehead atoms. The number of aromatic nitrogens is 5. The van der Waals surface area contributed by atoms with E-state index in [-0.39, 0.29) is 16.9 Å². The van der Waals surface area contributed by atoms with E-state index in [9.17, 15) is 9.50 Å². The van der Waals surface area contributed by atoms with Gasteiger partial charge in [0.25, 0.3) is 0 Å². The highest BCUT2D eigenvalue weighted by molar-refractivity contribution is 5.88. The van der Waals surface area contributed by atoms with Crippen LogP contribution in [0.2, 0.25) is 0 Å². The number of aromatic hydroxyl groups is 1. The fourth-order valence-corrected chi connectivity index (χ4v) is 3.57. The summed E-state index contributed by atoms with van der Waals surface area (Å²) < 4.78 is 16.0. The maximum absolute atomic E-state index is 14.5. The van der Waals surface area contributed by atoms with E-state index in [4.69, 9.17) is 0 Å². The van der Waals surface area contributed by atoms with E-state index in [1.165, 1.54) is 17.5 Å². The number of aryl methyl sites for hydroxylation is 1. The average molecular weight is 364 g/mol. The van der Waals surface area contributed by atoms with Gasteiger partial charge in [-0.3, -0.25) is 4.68 Å². The Labute approximate surface area is 154 Å². The fourth-order valence-electron chi connectivity index (χ4n) is 3.57. The molecule has 1 fully saturated rings. The Balaban J connectivity index is 1.61. The van der Waals surface area contributed by atoms with Crippen molar-refractivity contribution < 1.29 is 9.50 Å². The number of phenols is 1. The Morgan fingerprint density at radius 3 is 2.74 bits per heavy atom. The summed E-state index contributed by atoms with van der Waals surface area (Å²) in [5.74, 6) is -0.0982. The van der Waals surface area contributed by atoms with Crippen LogP contribution >= 0.6 is 0 Å². The largest absolute Gasteiger partial charge is 0.504 e. The second kappa shape index (κ2) is 5.87. The van der Waals surface area contributed by atoms with Crippen LogP contribution in [0.3, 0.4) is 0 Å². The number of anilines is 1. The molecule has 27 heavy (non-hydrogen) atoms. The van der Waals surface area contributed by atoms with Crippen LogP contribution in [0, 0.1) is 5.82 Å². The summed E-state index contributed by atoms with van der Waals surface area (Å²) in [5, 5.41) is 14.9. The van der Waals surface area contributed by atoms with Gasteiger partial charge in [-0.25, -0.2) is 19.3 Å². The van der Waals surface area contributed by atoms with E-state index < -0.39 is 11.6 Å². The summed E-state index contributed by atoms with van der Waals surface area (Å²) in [6.07, 6.45) is 5.65. The zero-order valence-electron chi connectivity index (χ0n) is 14.7. The summed E-state index contributed by atoms with van der Waals surface area (Å²) >= 11 is 0. The third kappa shape index (κ3) is 2.56. The molecule has 0 saturated carbocycles. The normalized spacial score (nSPS) is 14.5. The van der Waals surface area contributed by atoms with E-state index in [0.717, 1.165) is 18.9 Å². The fraction of sp³-hybridized carbons (Fsp3) is 0.263. The van der Waals surface area contributed by atoms with Gasteiger partial charge in [0, 0.05) is 31.7 Å². The third-order valence-electron chi connectivity index (χ3n) is 4.92. The summed E-state index contributed by atoms with van der Waals surface area (Å²) in [6, 6.07) is 5.47. The SMILES string of the molecule is Cn1cc2cc(-c3ncc4nc(N5CCCC5)ccc4n3)c(O)c(F)c2n1. The van der Waals surface area contributed by atoms with Gasteiger partial charge in [-0.15, -0.1) is 0 Å². The van der Waals surface area contributed by atoms with Gasteiger partial charge in [0.2, 0.25) is 0 Å². The van der Waals surface area contributed by atoms with Gasteiger partial charge in [-0.2, -0.15) is 5.10 Å². The van der Waals surface area contributed by atoms with Gasteiger partial charge < -0.3 is 10.0 Å². The van der Waals surface area contributed by atoms with Crippen LogP contribution < -0.4 is 4.90 Å². The average Bonchev–Trinajstić information content (AvgIpc) is 3.33.